The fraction of sp³-hybridized carbons (Fsp3) is 0.650. The number of carbonyl (C=O) groups excluding carboxylic acids is 1. The van der Waals surface area contributed by atoms with E-state index in [1.54, 1.807) is 0 Å². The summed E-state index contributed by atoms with van der Waals surface area (Å²) in [6, 6.07) is 8.63. The van der Waals surface area contributed by atoms with Crippen LogP contribution in [0.1, 0.15) is 57.1 Å². The Bertz CT molecular complexity index is 523. The van der Waals surface area contributed by atoms with E-state index < -0.39 is 6.04 Å². The first-order valence-electron chi connectivity index (χ1n) is 9.29. The highest BCUT2D eigenvalue weighted by atomic mass is 16.2. The van der Waals surface area contributed by atoms with E-state index in [4.69, 9.17) is 5.73 Å². The Labute approximate surface area is 146 Å². The lowest BCUT2D eigenvalue weighted by Crippen LogP contribution is -2.43. The number of benzene rings is 1. The molecule has 4 nitrogen and oxygen atoms in total. The van der Waals surface area contributed by atoms with Gasteiger partial charge in [-0.2, -0.15) is 0 Å². The van der Waals surface area contributed by atoms with Gasteiger partial charge in [-0.3, -0.25) is 9.69 Å². The SMILES string of the molecule is CC(C)[C@H](N)C(=O)NCc1ccccc1CN(C)C1CCCCC1. The van der Waals surface area contributed by atoms with E-state index >= 15 is 0 Å². The van der Waals surface area contributed by atoms with Crippen LogP contribution < -0.4 is 11.1 Å². The minimum absolute atomic E-state index is 0.0690. The van der Waals surface area contributed by atoms with E-state index in [-0.39, 0.29) is 11.8 Å². The molecular formula is C20H33N3O. The lowest BCUT2D eigenvalue weighted by atomic mass is 9.94. The van der Waals surface area contributed by atoms with Crippen molar-refractivity contribution in [3.05, 3.63) is 35.4 Å². The molecule has 1 aromatic carbocycles. The highest BCUT2D eigenvalue weighted by molar-refractivity contribution is 5.81. The minimum Gasteiger partial charge on any atom is -0.351 e. The third-order valence-electron chi connectivity index (χ3n) is 5.21. The molecule has 24 heavy (non-hydrogen) atoms. The summed E-state index contributed by atoms with van der Waals surface area (Å²) >= 11 is 0. The Kier molecular flexibility index (Phi) is 7.25. The number of nitrogens with one attached hydrogen (secondary N) is 1. The molecule has 1 atom stereocenters. The van der Waals surface area contributed by atoms with Crippen molar-refractivity contribution in [2.24, 2.45) is 11.7 Å². The Balaban J connectivity index is 1.95. The van der Waals surface area contributed by atoms with Gasteiger partial charge >= 0.3 is 0 Å². The Morgan fingerprint density at radius 1 is 1.21 bits per heavy atom. The number of hydrogen-bond donors (Lipinski definition) is 2. The monoisotopic (exact) mass is 331 g/mol. The van der Waals surface area contributed by atoms with E-state index in [9.17, 15) is 4.79 Å². The van der Waals surface area contributed by atoms with Crippen LogP contribution in [0.4, 0.5) is 0 Å². The molecule has 4 heteroatoms. The van der Waals surface area contributed by atoms with Gasteiger partial charge in [-0.1, -0.05) is 57.4 Å². The average Bonchev–Trinajstić information content (AvgIpc) is 2.60. The van der Waals surface area contributed by atoms with Crippen molar-refractivity contribution in [1.82, 2.24) is 10.2 Å². The zero-order valence-corrected chi connectivity index (χ0v) is 15.4. The Morgan fingerprint density at radius 2 is 1.83 bits per heavy atom. The zero-order chi connectivity index (χ0) is 17.5. The fourth-order valence-electron chi connectivity index (χ4n) is 3.41. The first-order valence-corrected chi connectivity index (χ1v) is 9.29. The van der Waals surface area contributed by atoms with Crippen LogP contribution in [0, 0.1) is 5.92 Å². The molecular weight excluding hydrogens is 298 g/mol. The molecule has 2 rings (SSSR count). The molecule has 1 fully saturated rings. The molecule has 0 bridgehead atoms. The molecule has 0 radical (unpaired) electrons. The number of nitrogens with two attached hydrogens (primary N) is 1. The summed E-state index contributed by atoms with van der Waals surface area (Å²) < 4.78 is 0. The summed E-state index contributed by atoms with van der Waals surface area (Å²) in [6.45, 7) is 5.43. The van der Waals surface area contributed by atoms with Gasteiger partial charge in [0.1, 0.15) is 0 Å². The lowest BCUT2D eigenvalue weighted by molar-refractivity contribution is -0.123. The number of rotatable bonds is 7. The second-order valence-electron chi connectivity index (χ2n) is 7.46. The molecule has 3 N–H and O–H groups in total. The number of hydrogen-bond acceptors (Lipinski definition) is 3. The first-order chi connectivity index (χ1) is 11.5. The molecule has 0 saturated heterocycles. The summed E-state index contributed by atoms with van der Waals surface area (Å²) in [5.74, 6) is 0.0816. The molecule has 0 heterocycles. The topological polar surface area (TPSA) is 58.4 Å². The van der Waals surface area contributed by atoms with Crippen molar-refractivity contribution in [2.75, 3.05) is 7.05 Å². The molecule has 0 aliphatic heterocycles. The van der Waals surface area contributed by atoms with E-state index in [2.05, 4.69) is 35.5 Å². The van der Waals surface area contributed by atoms with Crippen LogP contribution in [-0.2, 0) is 17.9 Å². The molecule has 0 aromatic heterocycles. The molecule has 1 amide bonds. The predicted molar refractivity (Wildman–Crippen MR) is 99.4 cm³/mol. The van der Waals surface area contributed by atoms with Gasteiger partial charge in [0.2, 0.25) is 5.91 Å². The van der Waals surface area contributed by atoms with Crippen molar-refractivity contribution in [1.29, 1.82) is 0 Å². The predicted octanol–water partition coefficient (Wildman–Crippen LogP) is 3.05. The Morgan fingerprint density at radius 3 is 2.46 bits per heavy atom. The van der Waals surface area contributed by atoms with E-state index in [1.807, 2.05) is 19.9 Å². The van der Waals surface area contributed by atoms with Crippen LogP contribution in [0.3, 0.4) is 0 Å². The van der Waals surface area contributed by atoms with Gasteiger partial charge in [-0.25, -0.2) is 0 Å². The van der Waals surface area contributed by atoms with Gasteiger partial charge in [0.05, 0.1) is 6.04 Å². The maximum Gasteiger partial charge on any atom is 0.237 e. The van der Waals surface area contributed by atoms with Crippen molar-refractivity contribution in [3.8, 4) is 0 Å². The van der Waals surface area contributed by atoms with E-state index in [0.717, 1.165) is 6.54 Å². The Hall–Kier alpha value is -1.39. The van der Waals surface area contributed by atoms with Gasteiger partial charge in [0.15, 0.2) is 0 Å². The van der Waals surface area contributed by atoms with Crippen molar-refractivity contribution >= 4 is 5.91 Å². The minimum atomic E-state index is -0.443. The van der Waals surface area contributed by atoms with Crippen LogP contribution in [0.5, 0.6) is 0 Å². The second kappa shape index (κ2) is 9.19. The van der Waals surface area contributed by atoms with Crippen molar-refractivity contribution < 1.29 is 4.79 Å². The van der Waals surface area contributed by atoms with Crippen LogP contribution in [0.15, 0.2) is 24.3 Å². The van der Waals surface area contributed by atoms with E-state index in [0.29, 0.717) is 12.6 Å². The van der Waals surface area contributed by atoms with Crippen molar-refractivity contribution in [2.45, 2.75) is 71.1 Å². The van der Waals surface area contributed by atoms with Gasteiger partial charge in [-0.05, 0) is 36.9 Å². The third kappa shape index (κ3) is 5.32. The fourth-order valence-corrected chi connectivity index (χ4v) is 3.41. The highest BCUT2D eigenvalue weighted by Crippen LogP contribution is 2.23. The average molecular weight is 332 g/mol. The summed E-state index contributed by atoms with van der Waals surface area (Å²) in [4.78, 5) is 14.6. The molecule has 0 spiro atoms. The first kappa shape index (κ1) is 18.9. The smallest absolute Gasteiger partial charge is 0.237 e. The van der Waals surface area contributed by atoms with Crippen molar-refractivity contribution in [3.63, 3.8) is 0 Å². The lowest BCUT2D eigenvalue weighted by Gasteiger charge is -2.31. The van der Waals surface area contributed by atoms with Gasteiger partial charge < -0.3 is 11.1 Å². The number of amides is 1. The summed E-state index contributed by atoms with van der Waals surface area (Å²) in [5, 5.41) is 2.99. The molecule has 1 aromatic rings. The quantitative estimate of drug-likeness (QED) is 0.807. The van der Waals surface area contributed by atoms with Crippen LogP contribution in [0.25, 0.3) is 0 Å². The van der Waals surface area contributed by atoms with Gasteiger partial charge in [-0.15, -0.1) is 0 Å². The maximum atomic E-state index is 12.1. The maximum absolute atomic E-state index is 12.1. The summed E-state index contributed by atoms with van der Waals surface area (Å²) in [7, 11) is 2.22. The van der Waals surface area contributed by atoms with Gasteiger partial charge in [0, 0.05) is 19.1 Å². The molecule has 1 saturated carbocycles. The number of carbonyl (C=O) groups is 1. The molecule has 1 aliphatic carbocycles. The van der Waals surface area contributed by atoms with Gasteiger partial charge in [0.25, 0.3) is 0 Å². The normalized spacial score (nSPS) is 17.2. The van der Waals surface area contributed by atoms with Crippen LogP contribution in [0.2, 0.25) is 0 Å². The second-order valence-corrected chi connectivity index (χ2v) is 7.46. The largest absolute Gasteiger partial charge is 0.351 e. The standard InChI is InChI=1S/C20H33N3O/c1-15(2)19(21)20(24)22-13-16-9-7-8-10-17(16)14-23(3)18-11-5-4-6-12-18/h7-10,15,18-19H,4-6,11-14,21H2,1-3H3,(H,22,24)/t19-/m0/s1. The van der Waals surface area contributed by atoms with E-state index in [1.165, 1.54) is 43.2 Å². The summed E-state index contributed by atoms with van der Waals surface area (Å²) in [6.07, 6.45) is 6.68. The number of nitrogens with zero attached hydrogens (tertiary/aromatic N) is 1. The summed E-state index contributed by atoms with van der Waals surface area (Å²) in [5.41, 5.74) is 8.40. The molecule has 134 valence electrons. The highest BCUT2D eigenvalue weighted by Gasteiger charge is 2.20. The molecule has 0 unspecified atom stereocenters. The molecule has 1 aliphatic rings. The van der Waals surface area contributed by atoms with Crippen LogP contribution in [-0.4, -0.2) is 29.9 Å². The zero-order valence-electron chi connectivity index (χ0n) is 15.4. The van der Waals surface area contributed by atoms with Crippen LogP contribution >= 0.6 is 0 Å². The third-order valence-corrected chi connectivity index (χ3v) is 5.21.